The Bertz CT molecular complexity index is 824. The molecule has 0 spiro atoms. The van der Waals surface area contributed by atoms with Crippen LogP contribution in [0.2, 0.25) is 0 Å². The number of amides is 1. The molecule has 1 N–H and O–H groups in total. The second-order valence-corrected chi connectivity index (χ2v) is 6.84. The van der Waals surface area contributed by atoms with Gasteiger partial charge in [-0.15, -0.1) is 0 Å². The van der Waals surface area contributed by atoms with Crippen LogP contribution in [0.5, 0.6) is 5.75 Å². The van der Waals surface area contributed by atoms with E-state index in [1.54, 1.807) is 11.0 Å². The summed E-state index contributed by atoms with van der Waals surface area (Å²) in [4.78, 5) is 16.7. The van der Waals surface area contributed by atoms with Crippen molar-refractivity contribution in [2.45, 2.75) is 38.6 Å². The van der Waals surface area contributed by atoms with Gasteiger partial charge >= 0.3 is 6.18 Å². The average molecular weight is 393 g/mol. The molecule has 1 amide bonds. The maximum Gasteiger partial charge on any atom is 0.433 e. The van der Waals surface area contributed by atoms with Crippen LogP contribution in [0.3, 0.4) is 0 Å². The topological polar surface area (TPSA) is 54.5 Å². The second-order valence-electron chi connectivity index (χ2n) is 6.84. The van der Waals surface area contributed by atoms with E-state index in [0.29, 0.717) is 31.1 Å². The number of anilines is 1. The van der Waals surface area contributed by atoms with E-state index in [4.69, 9.17) is 4.74 Å². The lowest BCUT2D eigenvalue weighted by Crippen LogP contribution is -2.26. The molecule has 0 bridgehead atoms. The number of halogens is 3. The summed E-state index contributed by atoms with van der Waals surface area (Å²) >= 11 is 0. The molecule has 1 fully saturated rings. The van der Waals surface area contributed by atoms with E-state index in [-0.39, 0.29) is 18.1 Å². The molecule has 0 saturated carbocycles. The first-order chi connectivity index (χ1) is 13.2. The molecule has 1 aromatic carbocycles. The lowest BCUT2D eigenvalue weighted by Gasteiger charge is -2.19. The highest BCUT2D eigenvalue weighted by Gasteiger charge is 2.33. The smallest absolute Gasteiger partial charge is 0.433 e. The standard InChI is InChI=1S/C20H22F3N3O2/c1-13(24-14(2)27)15-6-8-16(9-7-15)28-17-10-11-26(12-17)19-5-3-4-18(25-19)20(21,22)23/h3-9,13,17H,10-12H2,1-2H3,(H,24,27)/t13?,17-/m1/s1. The van der Waals surface area contributed by atoms with Crippen molar-refractivity contribution in [3.8, 4) is 5.75 Å². The zero-order valence-corrected chi connectivity index (χ0v) is 15.7. The molecule has 3 rings (SSSR count). The van der Waals surface area contributed by atoms with Gasteiger partial charge in [0.2, 0.25) is 5.91 Å². The predicted octanol–water partition coefficient (Wildman–Crippen LogP) is 3.96. The van der Waals surface area contributed by atoms with Gasteiger partial charge in [-0.1, -0.05) is 18.2 Å². The number of pyridine rings is 1. The van der Waals surface area contributed by atoms with Gasteiger partial charge in [0.05, 0.1) is 12.6 Å². The molecule has 0 aliphatic carbocycles. The predicted molar refractivity (Wildman–Crippen MR) is 99.2 cm³/mol. The molecule has 8 heteroatoms. The van der Waals surface area contributed by atoms with Crippen LogP contribution in [0.1, 0.15) is 37.6 Å². The van der Waals surface area contributed by atoms with Crippen LogP contribution in [0.4, 0.5) is 19.0 Å². The number of hydrogen-bond donors (Lipinski definition) is 1. The molecule has 28 heavy (non-hydrogen) atoms. The first kappa shape index (κ1) is 20.0. The molecule has 2 aromatic rings. The van der Waals surface area contributed by atoms with Crippen LogP contribution >= 0.6 is 0 Å². The van der Waals surface area contributed by atoms with Crippen molar-refractivity contribution in [2.75, 3.05) is 18.0 Å². The fourth-order valence-electron chi connectivity index (χ4n) is 3.21. The second kappa shape index (κ2) is 8.08. The number of alkyl halides is 3. The minimum Gasteiger partial charge on any atom is -0.489 e. The molecule has 5 nitrogen and oxygen atoms in total. The van der Waals surface area contributed by atoms with Crippen LogP contribution in [0, 0.1) is 0 Å². The number of ether oxygens (including phenoxy) is 1. The number of carbonyl (C=O) groups is 1. The normalized spacial score (nSPS) is 18.0. The van der Waals surface area contributed by atoms with E-state index in [9.17, 15) is 18.0 Å². The molecule has 1 aliphatic heterocycles. The highest BCUT2D eigenvalue weighted by atomic mass is 19.4. The Balaban J connectivity index is 1.60. The Morgan fingerprint density at radius 2 is 1.96 bits per heavy atom. The molecule has 1 aromatic heterocycles. The van der Waals surface area contributed by atoms with Crippen molar-refractivity contribution in [3.63, 3.8) is 0 Å². The number of carbonyl (C=O) groups excluding carboxylic acids is 1. The minimum atomic E-state index is -4.46. The Morgan fingerprint density at radius 1 is 1.25 bits per heavy atom. The molecule has 1 unspecified atom stereocenters. The SMILES string of the molecule is CC(=O)NC(C)c1ccc(O[C@@H]2CCN(c3cccc(C(F)(F)F)n3)C2)cc1. The van der Waals surface area contributed by atoms with Gasteiger partial charge in [0.15, 0.2) is 0 Å². The van der Waals surface area contributed by atoms with E-state index in [0.717, 1.165) is 11.6 Å². The van der Waals surface area contributed by atoms with Gasteiger partial charge in [-0.25, -0.2) is 4.98 Å². The highest BCUT2D eigenvalue weighted by Crippen LogP contribution is 2.30. The third kappa shape index (κ3) is 4.94. The lowest BCUT2D eigenvalue weighted by molar-refractivity contribution is -0.141. The summed E-state index contributed by atoms with van der Waals surface area (Å²) in [7, 11) is 0. The number of nitrogens with one attached hydrogen (secondary N) is 1. The van der Waals surface area contributed by atoms with Crippen LogP contribution in [-0.4, -0.2) is 30.1 Å². The zero-order valence-electron chi connectivity index (χ0n) is 15.7. The summed E-state index contributed by atoms with van der Waals surface area (Å²) < 4.78 is 44.5. The van der Waals surface area contributed by atoms with Gasteiger partial charge in [0.25, 0.3) is 0 Å². The van der Waals surface area contributed by atoms with Crippen LogP contribution in [-0.2, 0) is 11.0 Å². The van der Waals surface area contributed by atoms with E-state index in [1.807, 2.05) is 31.2 Å². The summed E-state index contributed by atoms with van der Waals surface area (Å²) in [6.45, 7) is 4.42. The molecular formula is C20H22F3N3O2. The molecule has 1 aliphatic rings. The van der Waals surface area contributed by atoms with Gasteiger partial charge < -0.3 is 15.0 Å². The third-order valence-corrected chi connectivity index (χ3v) is 4.60. The summed E-state index contributed by atoms with van der Waals surface area (Å²) in [5.41, 5.74) is 0.0713. The van der Waals surface area contributed by atoms with Crippen molar-refractivity contribution in [3.05, 3.63) is 53.7 Å². The maximum atomic E-state index is 12.8. The molecule has 1 saturated heterocycles. The largest absolute Gasteiger partial charge is 0.489 e. The van der Waals surface area contributed by atoms with Gasteiger partial charge in [0.1, 0.15) is 23.4 Å². The highest BCUT2D eigenvalue weighted by molar-refractivity contribution is 5.73. The van der Waals surface area contributed by atoms with Crippen molar-refractivity contribution < 1.29 is 22.7 Å². The first-order valence-corrected chi connectivity index (χ1v) is 9.05. The Labute approximate surface area is 161 Å². The molecule has 0 radical (unpaired) electrons. The van der Waals surface area contributed by atoms with E-state index in [2.05, 4.69) is 10.3 Å². The van der Waals surface area contributed by atoms with E-state index < -0.39 is 11.9 Å². The van der Waals surface area contributed by atoms with Crippen molar-refractivity contribution in [1.29, 1.82) is 0 Å². The van der Waals surface area contributed by atoms with Gasteiger partial charge in [-0.3, -0.25) is 4.79 Å². The summed E-state index contributed by atoms with van der Waals surface area (Å²) in [5.74, 6) is 0.894. The van der Waals surface area contributed by atoms with Crippen molar-refractivity contribution in [1.82, 2.24) is 10.3 Å². The summed E-state index contributed by atoms with van der Waals surface area (Å²) in [6.07, 6.45) is -3.89. The third-order valence-electron chi connectivity index (χ3n) is 4.60. The monoisotopic (exact) mass is 393 g/mol. The van der Waals surface area contributed by atoms with Gasteiger partial charge in [-0.05, 0) is 36.8 Å². The van der Waals surface area contributed by atoms with E-state index in [1.165, 1.54) is 13.0 Å². The van der Waals surface area contributed by atoms with Gasteiger partial charge in [0, 0.05) is 19.9 Å². The van der Waals surface area contributed by atoms with Crippen molar-refractivity contribution >= 4 is 11.7 Å². The van der Waals surface area contributed by atoms with Crippen molar-refractivity contribution in [2.24, 2.45) is 0 Å². The van der Waals surface area contributed by atoms with Gasteiger partial charge in [-0.2, -0.15) is 13.2 Å². The van der Waals surface area contributed by atoms with Crippen LogP contribution in [0.25, 0.3) is 0 Å². The Kier molecular flexibility index (Phi) is 5.76. The number of nitrogens with zero attached hydrogens (tertiary/aromatic N) is 2. The number of rotatable bonds is 5. The molecule has 2 heterocycles. The number of benzene rings is 1. The maximum absolute atomic E-state index is 12.8. The summed E-state index contributed by atoms with van der Waals surface area (Å²) in [5, 5.41) is 2.82. The first-order valence-electron chi connectivity index (χ1n) is 9.05. The fraction of sp³-hybridized carbons (Fsp3) is 0.400. The quantitative estimate of drug-likeness (QED) is 0.836. The lowest BCUT2D eigenvalue weighted by atomic mass is 10.1. The van der Waals surface area contributed by atoms with Crippen LogP contribution < -0.4 is 15.0 Å². The fourth-order valence-corrected chi connectivity index (χ4v) is 3.21. The zero-order chi connectivity index (χ0) is 20.3. The Morgan fingerprint density at radius 3 is 2.61 bits per heavy atom. The molecule has 150 valence electrons. The minimum absolute atomic E-state index is 0.0953. The Hall–Kier alpha value is -2.77. The number of hydrogen-bond acceptors (Lipinski definition) is 4. The average Bonchev–Trinajstić information content (AvgIpc) is 3.10. The molecule has 2 atom stereocenters. The molecular weight excluding hydrogens is 371 g/mol. The van der Waals surface area contributed by atoms with E-state index >= 15 is 0 Å². The summed E-state index contributed by atoms with van der Waals surface area (Å²) in [6, 6.07) is 11.3. The number of aromatic nitrogens is 1. The van der Waals surface area contributed by atoms with Crippen LogP contribution in [0.15, 0.2) is 42.5 Å².